The Bertz CT molecular complexity index is 785. The Balaban J connectivity index is 1.94. The van der Waals surface area contributed by atoms with Crippen LogP contribution in [-0.2, 0) is 9.53 Å². The minimum Gasteiger partial charge on any atom is -0.495 e. The van der Waals surface area contributed by atoms with Gasteiger partial charge in [0.15, 0.2) is 12.4 Å². The summed E-state index contributed by atoms with van der Waals surface area (Å²) in [5.41, 5.74) is 0.813. The number of rotatable bonds is 6. The third-order valence-corrected chi connectivity index (χ3v) is 3.31. The predicted octanol–water partition coefficient (Wildman–Crippen LogP) is 2.67. The average Bonchev–Trinajstić information content (AvgIpc) is 3.03. The second kappa shape index (κ2) is 7.65. The van der Waals surface area contributed by atoms with Crippen LogP contribution in [0, 0.1) is 0 Å². The molecule has 7 nitrogen and oxygen atoms in total. The zero-order valence-electron chi connectivity index (χ0n) is 13.0. The van der Waals surface area contributed by atoms with E-state index in [9.17, 15) is 14.4 Å². The number of H-pyrrole nitrogens is 1. The van der Waals surface area contributed by atoms with E-state index in [2.05, 4.69) is 10.3 Å². The van der Waals surface area contributed by atoms with Crippen molar-refractivity contribution < 1.29 is 23.9 Å². The van der Waals surface area contributed by atoms with Crippen molar-refractivity contribution in [2.24, 2.45) is 0 Å². The van der Waals surface area contributed by atoms with Crippen molar-refractivity contribution in [3.05, 3.63) is 46.7 Å². The Morgan fingerprint density at radius 3 is 2.62 bits per heavy atom. The van der Waals surface area contributed by atoms with Crippen molar-refractivity contribution in [2.75, 3.05) is 19.0 Å². The standard InChI is InChI=1S/C16H15ClN2O5/c1-9(20)10-5-13(18-7-10)16(22)24-8-15(21)19-12-6-11(17)3-4-14(12)23-2/h3-7,18H,8H2,1-2H3,(H,19,21). The van der Waals surface area contributed by atoms with E-state index in [0.29, 0.717) is 22.0 Å². The van der Waals surface area contributed by atoms with Crippen LogP contribution in [-0.4, -0.2) is 36.4 Å². The van der Waals surface area contributed by atoms with E-state index in [0.717, 1.165) is 0 Å². The monoisotopic (exact) mass is 350 g/mol. The molecular weight excluding hydrogens is 336 g/mol. The number of carbonyl (C=O) groups excluding carboxylic acids is 3. The first-order valence-electron chi connectivity index (χ1n) is 6.90. The van der Waals surface area contributed by atoms with Gasteiger partial charge in [0.2, 0.25) is 0 Å². The lowest BCUT2D eigenvalue weighted by Crippen LogP contribution is -2.21. The second-order valence-corrected chi connectivity index (χ2v) is 5.26. The third-order valence-electron chi connectivity index (χ3n) is 3.08. The maximum absolute atomic E-state index is 11.9. The number of aromatic amines is 1. The first-order valence-corrected chi connectivity index (χ1v) is 7.28. The molecule has 0 atom stereocenters. The van der Waals surface area contributed by atoms with Gasteiger partial charge in [-0.05, 0) is 31.2 Å². The molecule has 2 N–H and O–H groups in total. The van der Waals surface area contributed by atoms with E-state index in [1.807, 2.05) is 0 Å². The minimum absolute atomic E-state index is 0.0911. The van der Waals surface area contributed by atoms with Crippen LogP contribution in [0.4, 0.5) is 5.69 Å². The van der Waals surface area contributed by atoms with Crippen molar-refractivity contribution in [3.63, 3.8) is 0 Å². The van der Waals surface area contributed by atoms with E-state index in [-0.39, 0.29) is 11.5 Å². The molecule has 1 amide bonds. The van der Waals surface area contributed by atoms with Crippen LogP contribution in [0.5, 0.6) is 5.75 Å². The van der Waals surface area contributed by atoms with Crippen LogP contribution in [0.2, 0.25) is 5.02 Å². The van der Waals surface area contributed by atoms with Gasteiger partial charge in [0.05, 0.1) is 12.8 Å². The zero-order chi connectivity index (χ0) is 17.7. The zero-order valence-corrected chi connectivity index (χ0v) is 13.8. The fourth-order valence-corrected chi connectivity index (χ4v) is 2.06. The molecule has 0 aliphatic rings. The number of carbonyl (C=O) groups is 3. The van der Waals surface area contributed by atoms with E-state index in [1.54, 1.807) is 12.1 Å². The summed E-state index contributed by atoms with van der Waals surface area (Å²) < 4.78 is 9.99. The quantitative estimate of drug-likeness (QED) is 0.616. The molecule has 0 spiro atoms. The predicted molar refractivity (Wildman–Crippen MR) is 87.7 cm³/mol. The third kappa shape index (κ3) is 4.36. The van der Waals surface area contributed by atoms with Gasteiger partial charge in [-0.3, -0.25) is 9.59 Å². The Hall–Kier alpha value is -2.80. The summed E-state index contributed by atoms with van der Waals surface area (Å²) in [6.45, 7) is 0.882. The van der Waals surface area contributed by atoms with Crippen LogP contribution in [0.15, 0.2) is 30.5 Å². The summed E-state index contributed by atoms with van der Waals surface area (Å²) in [6, 6.07) is 6.10. The Kier molecular flexibility index (Phi) is 5.59. The fourth-order valence-electron chi connectivity index (χ4n) is 1.89. The number of hydrogen-bond donors (Lipinski definition) is 2. The van der Waals surface area contributed by atoms with E-state index in [4.69, 9.17) is 21.1 Å². The van der Waals surface area contributed by atoms with Crippen molar-refractivity contribution in [1.29, 1.82) is 0 Å². The number of benzene rings is 1. The first kappa shape index (κ1) is 17.6. The molecule has 0 bridgehead atoms. The lowest BCUT2D eigenvalue weighted by molar-refractivity contribution is -0.119. The summed E-state index contributed by atoms with van der Waals surface area (Å²) >= 11 is 5.87. The highest BCUT2D eigenvalue weighted by molar-refractivity contribution is 6.31. The van der Waals surface area contributed by atoms with Gasteiger partial charge in [-0.1, -0.05) is 11.6 Å². The maximum atomic E-state index is 11.9. The number of ketones is 1. The molecule has 8 heteroatoms. The van der Waals surface area contributed by atoms with Crippen LogP contribution >= 0.6 is 11.6 Å². The van der Waals surface area contributed by atoms with E-state index in [1.165, 1.54) is 32.4 Å². The van der Waals surface area contributed by atoms with Crippen LogP contribution in [0.25, 0.3) is 0 Å². The number of halogens is 1. The second-order valence-electron chi connectivity index (χ2n) is 4.83. The number of esters is 1. The molecule has 1 heterocycles. The van der Waals surface area contributed by atoms with Crippen LogP contribution < -0.4 is 10.1 Å². The first-order chi connectivity index (χ1) is 11.4. The van der Waals surface area contributed by atoms with Gasteiger partial charge in [0.1, 0.15) is 11.4 Å². The highest BCUT2D eigenvalue weighted by atomic mass is 35.5. The Morgan fingerprint density at radius 1 is 1.25 bits per heavy atom. The number of ether oxygens (including phenoxy) is 2. The molecule has 2 aromatic rings. The molecule has 0 saturated heterocycles. The summed E-state index contributed by atoms with van der Waals surface area (Å²) in [5, 5.41) is 2.97. The van der Waals surface area contributed by atoms with Gasteiger partial charge in [-0.25, -0.2) is 4.79 Å². The maximum Gasteiger partial charge on any atom is 0.355 e. The van der Waals surface area contributed by atoms with E-state index >= 15 is 0 Å². The van der Waals surface area contributed by atoms with Gasteiger partial charge in [0.25, 0.3) is 5.91 Å². The largest absolute Gasteiger partial charge is 0.495 e. The summed E-state index contributed by atoms with van der Waals surface area (Å²) in [7, 11) is 1.46. The highest BCUT2D eigenvalue weighted by Crippen LogP contribution is 2.27. The Morgan fingerprint density at radius 2 is 2.00 bits per heavy atom. The van der Waals surface area contributed by atoms with Gasteiger partial charge in [-0.2, -0.15) is 0 Å². The molecule has 0 aliphatic carbocycles. The van der Waals surface area contributed by atoms with Crippen molar-refractivity contribution in [2.45, 2.75) is 6.92 Å². The van der Waals surface area contributed by atoms with E-state index < -0.39 is 18.5 Å². The molecular formula is C16H15ClN2O5. The molecule has 0 unspecified atom stereocenters. The topological polar surface area (TPSA) is 97.5 Å². The molecule has 1 aromatic carbocycles. The number of anilines is 1. The number of amides is 1. The summed E-state index contributed by atoms with van der Waals surface area (Å²) in [5.74, 6) is -1.05. The van der Waals surface area contributed by atoms with Crippen molar-refractivity contribution >= 4 is 34.9 Å². The fraction of sp³-hybridized carbons (Fsp3) is 0.188. The number of methoxy groups -OCH3 is 1. The molecule has 0 saturated carbocycles. The number of aromatic nitrogens is 1. The van der Waals surface area contributed by atoms with Crippen LogP contribution in [0.1, 0.15) is 27.8 Å². The molecule has 24 heavy (non-hydrogen) atoms. The highest BCUT2D eigenvalue weighted by Gasteiger charge is 2.15. The smallest absolute Gasteiger partial charge is 0.355 e. The molecule has 0 fully saturated rings. The minimum atomic E-state index is -0.740. The van der Waals surface area contributed by atoms with Crippen molar-refractivity contribution in [3.8, 4) is 5.75 Å². The molecule has 0 aliphatic heterocycles. The number of Topliss-reactive ketones (excluding diaryl/α,β-unsaturated/α-hetero) is 1. The summed E-state index contributed by atoms with van der Waals surface area (Å²) in [4.78, 5) is 37.5. The van der Waals surface area contributed by atoms with Gasteiger partial charge in [-0.15, -0.1) is 0 Å². The average molecular weight is 351 g/mol. The normalized spacial score (nSPS) is 10.1. The molecule has 2 rings (SSSR count). The number of nitrogens with one attached hydrogen (secondary N) is 2. The Labute approximate surface area is 142 Å². The molecule has 0 radical (unpaired) electrons. The SMILES string of the molecule is COc1ccc(Cl)cc1NC(=O)COC(=O)c1cc(C(C)=O)c[nH]1. The number of hydrogen-bond acceptors (Lipinski definition) is 5. The summed E-state index contributed by atoms with van der Waals surface area (Å²) in [6.07, 6.45) is 1.40. The van der Waals surface area contributed by atoms with Gasteiger partial charge < -0.3 is 19.8 Å². The lowest BCUT2D eigenvalue weighted by Gasteiger charge is -2.10. The molecule has 1 aromatic heterocycles. The molecule has 126 valence electrons. The lowest BCUT2D eigenvalue weighted by atomic mass is 10.2. The van der Waals surface area contributed by atoms with Crippen LogP contribution in [0.3, 0.4) is 0 Å². The van der Waals surface area contributed by atoms with Gasteiger partial charge >= 0.3 is 5.97 Å². The van der Waals surface area contributed by atoms with Gasteiger partial charge in [0, 0.05) is 16.8 Å². The van der Waals surface area contributed by atoms with Crippen molar-refractivity contribution in [1.82, 2.24) is 4.98 Å².